The molecule has 2 aromatic rings. The number of aromatic nitrogens is 2. The minimum Gasteiger partial charge on any atom is -0.354 e. The van der Waals surface area contributed by atoms with Crippen molar-refractivity contribution < 1.29 is 28.3 Å². The van der Waals surface area contributed by atoms with Gasteiger partial charge in [-0.25, -0.2) is 9.13 Å². The van der Waals surface area contributed by atoms with Crippen LogP contribution in [0.15, 0.2) is 61.2 Å². The number of hydrogen-bond acceptors (Lipinski definition) is 4. The lowest BCUT2D eigenvalue weighted by Gasteiger charge is -2.22. The summed E-state index contributed by atoms with van der Waals surface area (Å²) in [5.41, 5.74) is 0. The number of carbonyl (C=O) groups is 4. The van der Waals surface area contributed by atoms with Gasteiger partial charge in [-0.2, -0.15) is 0 Å². The summed E-state index contributed by atoms with van der Waals surface area (Å²) in [6.45, 7) is 11.3. The van der Waals surface area contributed by atoms with Crippen molar-refractivity contribution in [2.45, 2.75) is 207 Å². The van der Waals surface area contributed by atoms with Gasteiger partial charge in [0.2, 0.25) is 23.6 Å². The van der Waals surface area contributed by atoms with Gasteiger partial charge in [-0.05, 0) is 50.4 Å². The third-order valence-corrected chi connectivity index (χ3v) is 11.4. The maximum Gasteiger partial charge on any atom is 0.242 e. The van der Waals surface area contributed by atoms with Crippen LogP contribution in [0.5, 0.6) is 0 Å². The Morgan fingerprint density at radius 1 is 0.383 bits per heavy atom. The molecule has 2 aromatic heterocycles. The number of nitrogens with one attached hydrogen (secondary N) is 4. The van der Waals surface area contributed by atoms with E-state index in [-0.39, 0.29) is 35.5 Å². The van der Waals surface area contributed by atoms with E-state index in [1.807, 2.05) is 39.8 Å². The highest BCUT2D eigenvalue weighted by Crippen LogP contribution is 2.13. The summed E-state index contributed by atoms with van der Waals surface area (Å²) in [5.74, 6) is -0.205. The molecule has 60 heavy (non-hydrogen) atoms. The summed E-state index contributed by atoms with van der Waals surface area (Å²) in [6, 6.07) is 11.4. The summed E-state index contributed by atoms with van der Waals surface area (Å²) in [4.78, 5) is 51.1. The third kappa shape index (κ3) is 27.1. The highest BCUT2D eigenvalue weighted by Gasteiger charge is 2.24. The fraction of sp³-hybridized carbons (Fsp3) is 0.720. The van der Waals surface area contributed by atoms with E-state index in [2.05, 4.69) is 79.5 Å². The quantitative estimate of drug-likeness (QED) is 0.0401. The summed E-state index contributed by atoms with van der Waals surface area (Å²) >= 11 is 0. The second-order valence-corrected chi connectivity index (χ2v) is 17.7. The van der Waals surface area contributed by atoms with Crippen molar-refractivity contribution >= 4 is 23.6 Å². The molecule has 0 spiro atoms. The van der Waals surface area contributed by atoms with Crippen LogP contribution >= 0.6 is 0 Å². The number of pyridine rings is 2. The monoisotopic (exact) mass is 835 g/mol. The first-order chi connectivity index (χ1) is 29.2. The van der Waals surface area contributed by atoms with Crippen LogP contribution in [0.2, 0.25) is 0 Å². The average molecular weight is 835 g/mol. The topological polar surface area (TPSA) is 124 Å². The molecule has 0 saturated heterocycles. The molecular weight excluding hydrogens is 749 g/mol. The number of amides is 4. The molecule has 0 aliphatic rings. The van der Waals surface area contributed by atoms with E-state index < -0.39 is 12.1 Å². The number of unbranched alkanes of at least 4 members (excludes halogenated alkanes) is 19. The summed E-state index contributed by atoms with van der Waals surface area (Å²) < 4.78 is 4.48. The highest BCUT2D eigenvalue weighted by atomic mass is 16.2. The van der Waals surface area contributed by atoms with Gasteiger partial charge in [-0.15, -0.1) is 0 Å². The van der Waals surface area contributed by atoms with Crippen molar-refractivity contribution in [2.75, 3.05) is 13.1 Å². The first-order valence-corrected chi connectivity index (χ1v) is 24.2. The van der Waals surface area contributed by atoms with Gasteiger partial charge in [0.05, 0.1) is 0 Å². The van der Waals surface area contributed by atoms with E-state index in [4.69, 9.17) is 0 Å². The summed E-state index contributed by atoms with van der Waals surface area (Å²) in [5, 5.41) is 12.0. The molecule has 2 heterocycles. The van der Waals surface area contributed by atoms with Crippen LogP contribution in [0.25, 0.3) is 0 Å². The maximum atomic E-state index is 12.9. The fourth-order valence-electron chi connectivity index (χ4n) is 7.61. The van der Waals surface area contributed by atoms with Crippen LogP contribution < -0.4 is 30.4 Å². The zero-order valence-corrected chi connectivity index (χ0v) is 38.4. The fourth-order valence-corrected chi connectivity index (χ4v) is 7.61. The molecule has 0 unspecified atom stereocenters. The van der Waals surface area contributed by atoms with E-state index in [1.165, 1.54) is 64.2 Å². The van der Waals surface area contributed by atoms with Crippen molar-refractivity contribution in [3.8, 4) is 0 Å². The number of rotatable bonds is 37. The molecule has 0 bridgehead atoms. The maximum absolute atomic E-state index is 12.9. The Balaban J connectivity index is 1.41. The van der Waals surface area contributed by atoms with E-state index in [9.17, 15) is 19.2 Å². The zero-order valence-electron chi connectivity index (χ0n) is 38.4. The predicted molar refractivity (Wildman–Crippen MR) is 244 cm³/mol. The normalized spacial score (nSPS) is 12.3. The Morgan fingerprint density at radius 2 is 0.667 bits per heavy atom. The van der Waals surface area contributed by atoms with Crippen LogP contribution in [0.4, 0.5) is 0 Å². The molecule has 0 aliphatic carbocycles. The largest absolute Gasteiger partial charge is 0.354 e. The van der Waals surface area contributed by atoms with Gasteiger partial charge in [0.25, 0.3) is 0 Å². The van der Waals surface area contributed by atoms with E-state index in [1.54, 1.807) is 0 Å². The third-order valence-electron chi connectivity index (χ3n) is 11.4. The molecule has 0 aromatic carbocycles. The van der Waals surface area contributed by atoms with E-state index in [0.29, 0.717) is 25.9 Å². The van der Waals surface area contributed by atoms with E-state index in [0.717, 1.165) is 90.1 Å². The lowest BCUT2D eigenvalue weighted by Crippen LogP contribution is -2.49. The minimum absolute atomic E-state index is 0.0253. The lowest BCUT2D eigenvalue weighted by molar-refractivity contribution is -0.697. The average Bonchev–Trinajstić information content (AvgIpc) is 3.24. The van der Waals surface area contributed by atoms with Gasteiger partial charge < -0.3 is 21.3 Å². The minimum atomic E-state index is -0.504. The number of aryl methyl sites for hydroxylation is 2. The summed E-state index contributed by atoms with van der Waals surface area (Å²) in [7, 11) is 0. The first kappa shape index (κ1) is 52.3. The molecule has 2 rings (SSSR count). The highest BCUT2D eigenvalue weighted by molar-refractivity contribution is 5.88. The Morgan fingerprint density at radius 3 is 0.983 bits per heavy atom. The SMILES string of the molecule is CC(C)[C@H](NC(=O)CCCCCCCCCC[n+]1ccccc1)C(=O)NCCCCCCCCNC(=O)[C@@H](NC(=O)CCCCCCCCCC[n+]1ccccc1)C(C)C. The van der Waals surface area contributed by atoms with Gasteiger partial charge in [-0.1, -0.05) is 130 Å². The van der Waals surface area contributed by atoms with Crippen molar-refractivity contribution in [1.29, 1.82) is 0 Å². The van der Waals surface area contributed by atoms with Gasteiger partial charge in [0, 0.05) is 63.0 Å². The molecular formula is C50H86N6O4+2. The Bertz CT molecular complexity index is 1280. The van der Waals surface area contributed by atoms with Crippen LogP contribution in [0, 0.1) is 11.8 Å². The number of nitrogens with zero attached hydrogens (tertiary/aromatic N) is 2. The molecule has 10 nitrogen and oxygen atoms in total. The van der Waals surface area contributed by atoms with Gasteiger partial charge in [-0.3, -0.25) is 19.2 Å². The molecule has 10 heteroatoms. The number of carbonyl (C=O) groups excluding carboxylic acids is 4. The molecule has 4 amide bonds. The Hall–Kier alpha value is -3.82. The zero-order chi connectivity index (χ0) is 43.5. The molecule has 0 aliphatic heterocycles. The van der Waals surface area contributed by atoms with Crippen molar-refractivity contribution in [3.05, 3.63) is 61.2 Å². The second kappa shape index (κ2) is 34.8. The van der Waals surface area contributed by atoms with Crippen molar-refractivity contribution in [2.24, 2.45) is 11.8 Å². The van der Waals surface area contributed by atoms with Gasteiger partial charge in [0.1, 0.15) is 25.2 Å². The molecule has 0 fully saturated rings. The summed E-state index contributed by atoms with van der Waals surface area (Å²) in [6.07, 6.45) is 34.0. The van der Waals surface area contributed by atoms with Gasteiger partial charge in [0.15, 0.2) is 24.8 Å². The van der Waals surface area contributed by atoms with Crippen LogP contribution in [-0.2, 0) is 32.3 Å². The smallest absolute Gasteiger partial charge is 0.242 e. The Labute approximate surface area is 365 Å². The van der Waals surface area contributed by atoms with Gasteiger partial charge >= 0.3 is 0 Å². The number of hydrogen-bond donors (Lipinski definition) is 4. The van der Waals surface area contributed by atoms with Crippen LogP contribution in [0.1, 0.15) is 182 Å². The molecule has 4 N–H and O–H groups in total. The van der Waals surface area contributed by atoms with Crippen molar-refractivity contribution in [1.82, 2.24) is 21.3 Å². The lowest BCUT2D eigenvalue weighted by atomic mass is 10.0. The van der Waals surface area contributed by atoms with Crippen LogP contribution in [0.3, 0.4) is 0 Å². The van der Waals surface area contributed by atoms with Crippen LogP contribution in [-0.4, -0.2) is 48.8 Å². The molecule has 338 valence electrons. The second-order valence-electron chi connectivity index (χ2n) is 17.7. The Kier molecular flexibility index (Phi) is 30.4. The van der Waals surface area contributed by atoms with E-state index >= 15 is 0 Å². The molecule has 0 radical (unpaired) electrons. The predicted octanol–water partition coefficient (Wildman–Crippen LogP) is 8.84. The molecule has 0 saturated carbocycles. The van der Waals surface area contributed by atoms with Crippen molar-refractivity contribution in [3.63, 3.8) is 0 Å². The standard InChI is InChI=1S/C50H84N6O4/c1-43(2)47(53-45(57)33-23-15-9-5-7-13-19-27-37-55-39-29-21-30-40-55)49(59)51-35-25-17-11-12-18-26-36-52-50(60)48(44(3)4)54-46(58)34-24-16-10-6-8-14-20-28-38-56-41-31-22-32-42-56/h21-22,29-32,39-44,47-48H,5-20,23-28,33-38H2,1-4H3,(H2-2,51,52,53,54,57,58,59,60)/p+2/t47-,48-/m0/s1. The first-order valence-electron chi connectivity index (χ1n) is 24.2. The molecule has 2 atom stereocenters.